The van der Waals surface area contributed by atoms with Crippen LogP contribution in [-0.4, -0.2) is 56.6 Å². The number of nitro groups is 1. The number of hydrogen-bond donors (Lipinski definition) is 0. The molecule has 5 rings (SSSR count). The first-order valence-corrected chi connectivity index (χ1v) is 12.0. The molecular formula is C27H24ClN5O3. The van der Waals surface area contributed by atoms with Gasteiger partial charge in [0, 0.05) is 55.4 Å². The van der Waals surface area contributed by atoms with Gasteiger partial charge in [0.15, 0.2) is 0 Å². The van der Waals surface area contributed by atoms with Gasteiger partial charge in [-0.15, -0.1) is 0 Å². The number of piperazine rings is 1. The lowest BCUT2D eigenvalue weighted by atomic mass is 10.1. The number of halogens is 1. The van der Waals surface area contributed by atoms with Crippen molar-refractivity contribution in [2.45, 2.75) is 6.54 Å². The van der Waals surface area contributed by atoms with Crippen LogP contribution < -0.4 is 0 Å². The van der Waals surface area contributed by atoms with Crippen LogP contribution >= 0.6 is 11.6 Å². The van der Waals surface area contributed by atoms with Crippen LogP contribution in [0.4, 0.5) is 5.69 Å². The second kappa shape index (κ2) is 10.3. The van der Waals surface area contributed by atoms with Gasteiger partial charge in [-0.2, -0.15) is 5.10 Å². The molecule has 1 saturated heterocycles. The molecule has 0 aliphatic carbocycles. The number of carbonyl (C=O) groups is 1. The number of rotatable bonds is 6. The first kappa shape index (κ1) is 23.7. The van der Waals surface area contributed by atoms with Crippen molar-refractivity contribution >= 4 is 23.2 Å². The van der Waals surface area contributed by atoms with Crippen molar-refractivity contribution in [3.8, 4) is 16.9 Å². The molecule has 1 fully saturated rings. The van der Waals surface area contributed by atoms with E-state index in [9.17, 15) is 14.9 Å². The highest BCUT2D eigenvalue weighted by molar-refractivity contribution is 6.30. The predicted octanol–water partition coefficient (Wildman–Crippen LogP) is 5.06. The summed E-state index contributed by atoms with van der Waals surface area (Å²) in [5.41, 5.74) is 3.65. The van der Waals surface area contributed by atoms with Gasteiger partial charge in [-0.1, -0.05) is 41.9 Å². The van der Waals surface area contributed by atoms with Gasteiger partial charge in [-0.05, 0) is 48.0 Å². The van der Waals surface area contributed by atoms with Gasteiger partial charge in [-0.25, -0.2) is 4.68 Å². The third kappa shape index (κ3) is 5.15. The fourth-order valence-corrected chi connectivity index (χ4v) is 4.45. The monoisotopic (exact) mass is 501 g/mol. The molecule has 36 heavy (non-hydrogen) atoms. The normalized spacial score (nSPS) is 14.1. The van der Waals surface area contributed by atoms with E-state index in [1.807, 2.05) is 35.2 Å². The van der Waals surface area contributed by atoms with E-state index in [-0.39, 0.29) is 11.6 Å². The molecule has 0 unspecified atom stereocenters. The van der Waals surface area contributed by atoms with Crippen molar-refractivity contribution in [1.29, 1.82) is 0 Å². The van der Waals surface area contributed by atoms with Crippen molar-refractivity contribution in [2.75, 3.05) is 26.2 Å². The Kier molecular flexibility index (Phi) is 6.79. The molecule has 9 heteroatoms. The van der Waals surface area contributed by atoms with E-state index in [0.717, 1.165) is 19.6 Å². The van der Waals surface area contributed by atoms with Gasteiger partial charge in [0.1, 0.15) is 5.69 Å². The number of benzene rings is 3. The zero-order valence-electron chi connectivity index (χ0n) is 19.5. The van der Waals surface area contributed by atoms with E-state index >= 15 is 0 Å². The zero-order valence-corrected chi connectivity index (χ0v) is 20.2. The lowest BCUT2D eigenvalue weighted by Gasteiger charge is -2.34. The first-order valence-electron chi connectivity index (χ1n) is 11.6. The minimum Gasteiger partial charge on any atom is -0.335 e. The Morgan fingerprint density at radius 3 is 2.22 bits per heavy atom. The number of carbonyl (C=O) groups excluding carboxylic acids is 1. The second-order valence-corrected chi connectivity index (χ2v) is 9.10. The summed E-state index contributed by atoms with van der Waals surface area (Å²) in [6, 6.07) is 25.3. The Hall–Kier alpha value is -4.01. The number of non-ortho nitro benzene ring substituents is 1. The summed E-state index contributed by atoms with van der Waals surface area (Å²) in [5, 5.41) is 16.3. The highest BCUT2D eigenvalue weighted by Gasteiger charge is 2.26. The summed E-state index contributed by atoms with van der Waals surface area (Å²) in [6.07, 6.45) is 0. The molecule has 0 bridgehead atoms. The third-order valence-electron chi connectivity index (χ3n) is 6.28. The summed E-state index contributed by atoms with van der Waals surface area (Å²) in [5.74, 6) is -0.107. The minimum absolute atomic E-state index is 0.000516. The van der Waals surface area contributed by atoms with Crippen LogP contribution in [0.3, 0.4) is 0 Å². The van der Waals surface area contributed by atoms with E-state index in [1.165, 1.54) is 17.7 Å². The number of amides is 1. The number of nitro benzene ring substituents is 1. The fourth-order valence-electron chi connectivity index (χ4n) is 4.32. The third-order valence-corrected chi connectivity index (χ3v) is 6.53. The highest BCUT2D eigenvalue weighted by Crippen LogP contribution is 2.26. The van der Waals surface area contributed by atoms with Crippen LogP contribution in [-0.2, 0) is 6.54 Å². The molecule has 0 saturated carbocycles. The fraction of sp³-hybridized carbons (Fsp3) is 0.185. The van der Waals surface area contributed by atoms with Crippen LogP contribution in [0.5, 0.6) is 0 Å². The molecule has 0 atom stereocenters. The molecule has 2 heterocycles. The quantitative estimate of drug-likeness (QED) is 0.272. The van der Waals surface area contributed by atoms with Crippen LogP contribution in [0.15, 0.2) is 84.9 Å². The van der Waals surface area contributed by atoms with Gasteiger partial charge >= 0.3 is 0 Å². The van der Waals surface area contributed by atoms with Crippen molar-refractivity contribution in [3.05, 3.63) is 111 Å². The first-order chi connectivity index (χ1) is 17.5. The minimum atomic E-state index is -0.442. The SMILES string of the molecule is O=C(c1cc(-c2ccc([N+](=O)[O-])cc2)nn1-c1ccc(Cl)cc1)N1CCN(Cc2ccccc2)CC1. The van der Waals surface area contributed by atoms with Crippen LogP contribution in [0.1, 0.15) is 16.1 Å². The molecule has 0 N–H and O–H groups in total. The number of aromatic nitrogens is 2. The molecule has 1 aliphatic heterocycles. The lowest BCUT2D eigenvalue weighted by Crippen LogP contribution is -2.48. The van der Waals surface area contributed by atoms with E-state index in [0.29, 0.717) is 40.8 Å². The topological polar surface area (TPSA) is 84.5 Å². The zero-order chi connectivity index (χ0) is 25.1. The summed E-state index contributed by atoms with van der Waals surface area (Å²) >= 11 is 6.07. The Bertz CT molecular complexity index is 1360. The lowest BCUT2D eigenvalue weighted by molar-refractivity contribution is -0.384. The summed E-state index contributed by atoms with van der Waals surface area (Å²) in [7, 11) is 0. The van der Waals surface area contributed by atoms with Gasteiger partial charge in [0.2, 0.25) is 0 Å². The molecule has 0 radical (unpaired) electrons. The van der Waals surface area contributed by atoms with Crippen LogP contribution in [0.2, 0.25) is 5.02 Å². The molecule has 182 valence electrons. The molecule has 1 amide bonds. The maximum Gasteiger partial charge on any atom is 0.272 e. The molecule has 1 aromatic heterocycles. The number of hydrogen-bond acceptors (Lipinski definition) is 5. The Morgan fingerprint density at radius 1 is 0.917 bits per heavy atom. The van der Waals surface area contributed by atoms with E-state index in [4.69, 9.17) is 11.6 Å². The number of nitrogens with zero attached hydrogens (tertiary/aromatic N) is 5. The van der Waals surface area contributed by atoms with E-state index in [1.54, 1.807) is 35.0 Å². The van der Waals surface area contributed by atoms with Crippen LogP contribution in [0, 0.1) is 10.1 Å². The Labute approximate surface area is 213 Å². The van der Waals surface area contributed by atoms with Gasteiger partial charge in [0.25, 0.3) is 11.6 Å². The molecule has 1 aliphatic rings. The van der Waals surface area contributed by atoms with Crippen molar-refractivity contribution < 1.29 is 9.72 Å². The predicted molar refractivity (Wildman–Crippen MR) is 138 cm³/mol. The van der Waals surface area contributed by atoms with Crippen molar-refractivity contribution in [3.63, 3.8) is 0 Å². The van der Waals surface area contributed by atoms with Gasteiger partial charge in [0.05, 0.1) is 16.3 Å². The largest absolute Gasteiger partial charge is 0.335 e. The smallest absolute Gasteiger partial charge is 0.272 e. The highest BCUT2D eigenvalue weighted by atomic mass is 35.5. The maximum absolute atomic E-state index is 13.6. The standard InChI is InChI=1S/C27H24ClN5O3/c28-22-8-12-23(13-9-22)32-26(18-25(29-32)21-6-10-24(11-7-21)33(35)36)27(34)31-16-14-30(15-17-31)19-20-4-2-1-3-5-20/h1-13,18H,14-17,19H2. The molecule has 0 spiro atoms. The average molecular weight is 502 g/mol. The van der Waals surface area contributed by atoms with E-state index < -0.39 is 4.92 Å². The Balaban J connectivity index is 1.39. The average Bonchev–Trinajstić information content (AvgIpc) is 3.35. The summed E-state index contributed by atoms with van der Waals surface area (Å²) in [4.78, 5) is 28.4. The maximum atomic E-state index is 13.6. The van der Waals surface area contributed by atoms with Crippen molar-refractivity contribution in [2.24, 2.45) is 0 Å². The summed E-state index contributed by atoms with van der Waals surface area (Å²) in [6.45, 7) is 3.65. The summed E-state index contributed by atoms with van der Waals surface area (Å²) < 4.78 is 1.62. The van der Waals surface area contributed by atoms with Crippen molar-refractivity contribution in [1.82, 2.24) is 19.6 Å². The van der Waals surface area contributed by atoms with E-state index in [2.05, 4.69) is 22.1 Å². The molecule has 3 aromatic carbocycles. The second-order valence-electron chi connectivity index (χ2n) is 8.66. The van der Waals surface area contributed by atoms with Crippen LogP contribution in [0.25, 0.3) is 16.9 Å². The molecule has 4 aromatic rings. The molecule has 8 nitrogen and oxygen atoms in total. The molecular weight excluding hydrogens is 478 g/mol. The van der Waals surface area contributed by atoms with Gasteiger partial charge in [-0.3, -0.25) is 19.8 Å². The Morgan fingerprint density at radius 2 is 1.58 bits per heavy atom. The van der Waals surface area contributed by atoms with Gasteiger partial charge < -0.3 is 4.90 Å².